The maximum absolute atomic E-state index is 13.9. The number of fused-ring (bicyclic) bond motifs is 1. The van der Waals surface area contributed by atoms with Gasteiger partial charge in [-0.25, -0.2) is 9.79 Å². The van der Waals surface area contributed by atoms with Crippen LogP contribution in [0.25, 0.3) is 6.08 Å². The summed E-state index contributed by atoms with van der Waals surface area (Å²) in [5.74, 6) is 0.791. The molecule has 9 nitrogen and oxygen atoms in total. The predicted molar refractivity (Wildman–Crippen MR) is 162 cm³/mol. The quantitative estimate of drug-likeness (QED) is 0.268. The molecular weight excluding hydrogens is 590 g/mol. The molecule has 5 rings (SSSR count). The third-order valence-corrected chi connectivity index (χ3v) is 8.14. The number of methoxy groups -OCH3 is 3. The minimum absolute atomic E-state index is 0.187. The summed E-state index contributed by atoms with van der Waals surface area (Å²) in [5, 5.41) is 9.78. The number of carbonyl (C=O) groups is 1. The molecule has 43 heavy (non-hydrogen) atoms. The molecule has 1 aliphatic heterocycles. The van der Waals surface area contributed by atoms with E-state index in [-0.39, 0.29) is 17.7 Å². The lowest BCUT2D eigenvalue weighted by Crippen LogP contribution is -2.40. The summed E-state index contributed by atoms with van der Waals surface area (Å²) in [6.07, 6.45) is 1.73. The Morgan fingerprint density at radius 3 is 2.53 bits per heavy atom. The smallest absolute Gasteiger partial charge is 0.338 e. The molecule has 4 aromatic rings. The number of rotatable bonds is 8. The number of allylic oxidation sites excluding steroid dienone is 1. The van der Waals surface area contributed by atoms with Crippen molar-refractivity contribution in [3.63, 3.8) is 0 Å². The molecule has 1 atom stereocenters. The highest BCUT2D eigenvalue weighted by Crippen LogP contribution is 2.37. The van der Waals surface area contributed by atoms with Gasteiger partial charge in [-0.2, -0.15) is 5.26 Å². The number of ether oxygens (including phenoxy) is 4. The number of esters is 1. The lowest BCUT2D eigenvalue weighted by Gasteiger charge is -2.25. The number of benzene rings is 3. The molecule has 11 heteroatoms. The van der Waals surface area contributed by atoms with E-state index in [0.29, 0.717) is 54.0 Å². The summed E-state index contributed by atoms with van der Waals surface area (Å²) >= 11 is 7.54. The Labute approximate surface area is 256 Å². The zero-order valence-electron chi connectivity index (χ0n) is 23.7. The van der Waals surface area contributed by atoms with Gasteiger partial charge in [-0.1, -0.05) is 47.2 Å². The first-order chi connectivity index (χ1) is 20.8. The van der Waals surface area contributed by atoms with Crippen molar-refractivity contribution in [2.45, 2.75) is 19.6 Å². The summed E-state index contributed by atoms with van der Waals surface area (Å²) in [6.45, 7) is 1.89. The van der Waals surface area contributed by atoms with Crippen molar-refractivity contribution in [1.82, 2.24) is 4.57 Å². The van der Waals surface area contributed by atoms with Gasteiger partial charge in [0.25, 0.3) is 5.56 Å². The Balaban J connectivity index is 1.58. The summed E-state index contributed by atoms with van der Waals surface area (Å²) < 4.78 is 24.0. The van der Waals surface area contributed by atoms with Crippen LogP contribution in [0.2, 0.25) is 5.02 Å². The molecule has 0 amide bonds. The summed E-state index contributed by atoms with van der Waals surface area (Å²) in [5.41, 5.74) is 2.79. The molecule has 0 radical (unpaired) electrons. The number of nitrogens with zero attached hydrogens (tertiary/aromatic N) is 3. The first-order valence-corrected chi connectivity index (χ1v) is 14.2. The fourth-order valence-electron chi connectivity index (χ4n) is 4.86. The van der Waals surface area contributed by atoms with Crippen LogP contribution >= 0.6 is 22.9 Å². The van der Waals surface area contributed by atoms with E-state index < -0.39 is 12.0 Å². The van der Waals surface area contributed by atoms with Crippen LogP contribution < -0.4 is 29.1 Å². The van der Waals surface area contributed by atoms with Crippen LogP contribution in [-0.4, -0.2) is 31.9 Å². The molecule has 0 unspecified atom stereocenters. The van der Waals surface area contributed by atoms with Gasteiger partial charge in [-0.3, -0.25) is 9.36 Å². The van der Waals surface area contributed by atoms with Gasteiger partial charge >= 0.3 is 5.97 Å². The number of aromatic nitrogens is 1. The lowest BCUT2D eigenvalue weighted by molar-refractivity contribution is -0.136. The fraction of sp³-hybridized carbons (Fsp3) is 0.188. The maximum Gasteiger partial charge on any atom is 0.338 e. The Morgan fingerprint density at radius 1 is 1.07 bits per heavy atom. The normalized spacial score (nSPS) is 14.4. The highest BCUT2D eigenvalue weighted by Gasteiger charge is 2.35. The van der Waals surface area contributed by atoms with Crippen LogP contribution in [-0.2, 0) is 16.1 Å². The first-order valence-electron chi connectivity index (χ1n) is 13.0. The number of halogens is 1. The average Bonchev–Trinajstić information content (AvgIpc) is 3.32. The summed E-state index contributed by atoms with van der Waals surface area (Å²) in [4.78, 5) is 31.9. The van der Waals surface area contributed by atoms with Crippen LogP contribution in [0, 0.1) is 11.3 Å². The van der Waals surface area contributed by atoms with E-state index in [2.05, 4.69) is 11.1 Å². The summed E-state index contributed by atoms with van der Waals surface area (Å²) in [7, 11) is 4.31. The lowest BCUT2D eigenvalue weighted by atomic mass is 9.95. The van der Waals surface area contributed by atoms with Crippen LogP contribution in [0.5, 0.6) is 17.2 Å². The molecular formula is C32H26ClN3O6S. The standard InChI is InChI=1S/C32H26ClN3O6S/c1-18-28(31(38)41-4)29(23-15-22(33)10-12-24(23)39-2)36-30(37)27(43-32(36)35-18)14-19-9-11-25(26(13-19)40-3)42-17-21-8-6-5-7-20(21)16-34/h5-15,29H,17H2,1-4H3/b27-14-/t29-/m1/s1. The molecule has 0 saturated carbocycles. The van der Waals surface area contributed by atoms with Crippen LogP contribution in [0.1, 0.15) is 35.2 Å². The molecule has 2 heterocycles. The monoisotopic (exact) mass is 615 g/mol. The minimum Gasteiger partial charge on any atom is -0.496 e. The van der Waals surface area contributed by atoms with Crippen LogP contribution in [0.3, 0.4) is 0 Å². The van der Waals surface area contributed by atoms with E-state index >= 15 is 0 Å². The molecule has 0 aliphatic carbocycles. The zero-order valence-corrected chi connectivity index (χ0v) is 25.3. The van der Waals surface area contributed by atoms with E-state index in [1.807, 2.05) is 12.1 Å². The van der Waals surface area contributed by atoms with Crippen molar-refractivity contribution in [3.05, 3.63) is 119 Å². The van der Waals surface area contributed by atoms with Gasteiger partial charge in [0, 0.05) is 16.1 Å². The number of nitriles is 1. The Kier molecular flexibility index (Phi) is 8.66. The Bertz CT molecular complexity index is 1990. The largest absolute Gasteiger partial charge is 0.496 e. The molecule has 0 bridgehead atoms. The Morgan fingerprint density at radius 2 is 1.81 bits per heavy atom. The fourth-order valence-corrected chi connectivity index (χ4v) is 6.09. The van der Waals surface area contributed by atoms with E-state index in [4.69, 9.17) is 30.5 Å². The highest BCUT2D eigenvalue weighted by atomic mass is 35.5. The third kappa shape index (κ3) is 5.78. The second kappa shape index (κ2) is 12.6. The second-order valence-corrected chi connectivity index (χ2v) is 10.9. The van der Waals surface area contributed by atoms with Crippen LogP contribution in [0.15, 0.2) is 81.7 Å². The molecule has 0 spiro atoms. The van der Waals surface area contributed by atoms with Gasteiger partial charge in [0.15, 0.2) is 16.3 Å². The van der Waals surface area contributed by atoms with E-state index in [9.17, 15) is 14.9 Å². The molecule has 3 aromatic carbocycles. The maximum atomic E-state index is 13.9. The molecule has 0 N–H and O–H groups in total. The van der Waals surface area contributed by atoms with Crippen molar-refractivity contribution >= 4 is 35.0 Å². The molecule has 218 valence electrons. The van der Waals surface area contributed by atoms with Crippen molar-refractivity contribution in [1.29, 1.82) is 5.26 Å². The van der Waals surface area contributed by atoms with E-state index in [0.717, 1.165) is 5.56 Å². The van der Waals surface area contributed by atoms with Gasteiger partial charge in [-0.05, 0) is 55.0 Å². The zero-order chi connectivity index (χ0) is 30.7. The van der Waals surface area contributed by atoms with Crippen molar-refractivity contribution in [3.8, 4) is 23.3 Å². The van der Waals surface area contributed by atoms with Crippen LogP contribution in [0.4, 0.5) is 0 Å². The molecule has 1 aliphatic rings. The number of thiazole rings is 1. The predicted octanol–water partition coefficient (Wildman–Crippen LogP) is 4.53. The first kappa shape index (κ1) is 29.6. The van der Waals surface area contributed by atoms with E-state index in [1.165, 1.54) is 37.2 Å². The van der Waals surface area contributed by atoms with E-state index in [1.54, 1.807) is 61.5 Å². The van der Waals surface area contributed by atoms with Crippen molar-refractivity contribution in [2.75, 3.05) is 21.3 Å². The topological polar surface area (TPSA) is 112 Å². The van der Waals surface area contributed by atoms with Gasteiger partial charge in [0.2, 0.25) is 0 Å². The second-order valence-electron chi connectivity index (χ2n) is 9.43. The Hall–Kier alpha value is -4.85. The number of carbonyl (C=O) groups excluding carboxylic acids is 1. The molecule has 1 aromatic heterocycles. The number of hydrogen-bond donors (Lipinski definition) is 0. The average molecular weight is 616 g/mol. The van der Waals surface area contributed by atoms with Gasteiger partial charge in [0.05, 0.1) is 48.8 Å². The van der Waals surface area contributed by atoms with Gasteiger partial charge < -0.3 is 18.9 Å². The van der Waals surface area contributed by atoms with Crippen molar-refractivity contribution in [2.24, 2.45) is 4.99 Å². The summed E-state index contributed by atoms with van der Waals surface area (Å²) in [6, 6.07) is 18.8. The minimum atomic E-state index is -0.874. The van der Waals surface area contributed by atoms with Gasteiger partial charge in [0.1, 0.15) is 18.4 Å². The highest BCUT2D eigenvalue weighted by molar-refractivity contribution is 7.07. The van der Waals surface area contributed by atoms with Crippen molar-refractivity contribution < 1.29 is 23.7 Å². The third-order valence-electron chi connectivity index (χ3n) is 6.92. The van der Waals surface area contributed by atoms with Gasteiger partial charge in [-0.15, -0.1) is 0 Å². The number of hydrogen-bond acceptors (Lipinski definition) is 9. The SMILES string of the molecule is COC(=O)C1=C(C)N=c2s/c(=C\c3ccc(OCc4ccccc4C#N)c(OC)c3)c(=O)n2[C@@H]1c1cc(Cl)ccc1OC. The molecule has 0 fully saturated rings. The molecule has 0 saturated heterocycles.